The molecule has 0 unspecified atom stereocenters. The smallest absolute Gasteiger partial charge is 0.150 e. The first-order chi connectivity index (χ1) is 12.7. The molecule has 3 aromatic heterocycles. The van der Waals surface area contributed by atoms with Crippen LogP contribution in [0.1, 0.15) is 21.6 Å². The molecule has 124 valence electrons. The molecule has 0 aliphatic rings. The molecular weight excluding hydrogens is 324 g/mol. The zero-order valence-electron chi connectivity index (χ0n) is 13.8. The third kappa shape index (κ3) is 3.04. The highest BCUT2D eigenvalue weighted by atomic mass is 16.1. The van der Waals surface area contributed by atoms with Crippen molar-refractivity contribution in [1.29, 1.82) is 0 Å². The van der Waals surface area contributed by atoms with Crippen molar-refractivity contribution >= 4 is 17.8 Å². The number of fused-ring (bicyclic) bond motifs is 1. The monoisotopic (exact) mass is 338 g/mol. The molecule has 4 rings (SSSR count). The predicted molar refractivity (Wildman–Crippen MR) is 101 cm³/mol. The lowest BCUT2D eigenvalue weighted by atomic mass is 10.1. The average Bonchev–Trinajstić information content (AvgIpc) is 3.09. The SMILES string of the molecule is Nc1cc(C#Cc2cnc3ccc(-c4ccc(C=O)cc4)cn23)ccn1. The highest BCUT2D eigenvalue weighted by Crippen LogP contribution is 2.21. The summed E-state index contributed by atoms with van der Waals surface area (Å²) in [6, 6.07) is 14.9. The molecule has 0 amide bonds. The maximum absolute atomic E-state index is 10.8. The number of anilines is 1. The van der Waals surface area contributed by atoms with Crippen molar-refractivity contribution < 1.29 is 4.79 Å². The number of aldehydes is 1. The maximum Gasteiger partial charge on any atom is 0.150 e. The third-order valence-corrected chi connectivity index (χ3v) is 4.00. The molecule has 4 aromatic rings. The molecule has 0 bridgehead atoms. The standard InChI is InChI=1S/C21H14N4O/c22-20-11-15(9-10-23-20)3-7-19-12-24-21-8-6-18(13-25(19)21)17-4-1-16(14-26)2-5-17/h1-2,4-6,8-14H,(H2,22,23). The van der Waals surface area contributed by atoms with E-state index in [0.29, 0.717) is 11.4 Å². The highest BCUT2D eigenvalue weighted by molar-refractivity contribution is 5.77. The van der Waals surface area contributed by atoms with Gasteiger partial charge in [0.2, 0.25) is 0 Å². The Kier molecular flexibility index (Phi) is 3.92. The largest absolute Gasteiger partial charge is 0.384 e. The molecule has 0 saturated carbocycles. The van der Waals surface area contributed by atoms with E-state index >= 15 is 0 Å². The van der Waals surface area contributed by atoms with Gasteiger partial charge in [0.05, 0.1) is 6.20 Å². The summed E-state index contributed by atoms with van der Waals surface area (Å²) in [6.45, 7) is 0. The van der Waals surface area contributed by atoms with E-state index in [4.69, 9.17) is 5.73 Å². The van der Waals surface area contributed by atoms with Crippen LogP contribution >= 0.6 is 0 Å². The van der Waals surface area contributed by atoms with Gasteiger partial charge in [-0.15, -0.1) is 0 Å². The lowest BCUT2D eigenvalue weighted by molar-refractivity contribution is 0.112. The fraction of sp³-hybridized carbons (Fsp3) is 0. The molecule has 3 heterocycles. The minimum atomic E-state index is 0.441. The van der Waals surface area contributed by atoms with Gasteiger partial charge in [0.15, 0.2) is 0 Å². The minimum absolute atomic E-state index is 0.441. The second-order valence-corrected chi connectivity index (χ2v) is 5.75. The number of nitrogen functional groups attached to an aromatic ring is 1. The molecule has 5 heteroatoms. The average molecular weight is 338 g/mol. The van der Waals surface area contributed by atoms with Gasteiger partial charge in [0, 0.05) is 23.5 Å². The zero-order valence-corrected chi connectivity index (χ0v) is 13.8. The Morgan fingerprint density at radius 3 is 2.54 bits per heavy atom. The number of pyridine rings is 2. The molecular formula is C21H14N4O. The van der Waals surface area contributed by atoms with Gasteiger partial charge in [-0.25, -0.2) is 9.97 Å². The summed E-state index contributed by atoms with van der Waals surface area (Å²) in [6.07, 6.45) is 6.20. The number of carbonyl (C=O) groups is 1. The van der Waals surface area contributed by atoms with Crippen LogP contribution in [0.2, 0.25) is 0 Å². The van der Waals surface area contributed by atoms with Gasteiger partial charge in [0.25, 0.3) is 0 Å². The number of benzene rings is 1. The van der Waals surface area contributed by atoms with Crippen LogP contribution in [0.15, 0.2) is 67.1 Å². The van der Waals surface area contributed by atoms with E-state index in [1.807, 2.05) is 40.9 Å². The molecule has 1 aromatic carbocycles. The quantitative estimate of drug-likeness (QED) is 0.450. The van der Waals surface area contributed by atoms with Gasteiger partial charge in [0.1, 0.15) is 23.4 Å². The van der Waals surface area contributed by atoms with Crippen LogP contribution in [-0.2, 0) is 0 Å². The van der Waals surface area contributed by atoms with Crippen LogP contribution in [0.3, 0.4) is 0 Å². The van der Waals surface area contributed by atoms with E-state index < -0.39 is 0 Å². The van der Waals surface area contributed by atoms with Crippen molar-refractivity contribution in [3.63, 3.8) is 0 Å². The maximum atomic E-state index is 10.8. The Morgan fingerprint density at radius 1 is 0.962 bits per heavy atom. The first-order valence-electron chi connectivity index (χ1n) is 7.99. The summed E-state index contributed by atoms with van der Waals surface area (Å²) in [5, 5.41) is 0. The Balaban J connectivity index is 1.74. The van der Waals surface area contributed by atoms with Gasteiger partial charge in [-0.2, -0.15) is 0 Å². The molecule has 0 spiro atoms. The number of nitrogens with zero attached hydrogens (tertiary/aromatic N) is 3. The Morgan fingerprint density at radius 2 is 1.77 bits per heavy atom. The predicted octanol–water partition coefficient (Wildman–Crippen LogP) is 3.19. The lowest BCUT2D eigenvalue weighted by Gasteiger charge is -2.04. The summed E-state index contributed by atoms with van der Waals surface area (Å²) in [7, 11) is 0. The van der Waals surface area contributed by atoms with E-state index in [0.717, 1.165) is 34.3 Å². The van der Waals surface area contributed by atoms with Gasteiger partial charge in [-0.3, -0.25) is 9.20 Å². The van der Waals surface area contributed by atoms with Crippen molar-refractivity contribution in [3.8, 4) is 23.0 Å². The van der Waals surface area contributed by atoms with E-state index in [9.17, 15) is 4.79 Å². The number of hydrogen-bond donors (Lipinski definition) is 1. The van der Waals surface area contributed by atoms with Crippen LogP contribution in [0.25, 0.3) is 16.8 Å². The number of imidazole rings is 1. The number of hydrogen-bond acceptors (Lipinski definition) is 4. The van der Waals surface area contributed by atoms with Crippen LogP contribution in [0, 0.1) is 11.8 Å². The first kappa shape index (κ1) is 15.6. The molecule has 0 aliphatic carbocycles. The Bertz CT molecular complexity index is 1160. The molecule has 0 saturated heterocycles. The number of carbonyl (C=O) groups excluding carboxylic acids is 1. The van der Waals surface area contributed by atoms with Gasteiger partial charge < -0.3 is 5.73 Å². The van der Waals surface area contributed by atoms with E-state index in [2.05, 4.69) is 21.8 Å². The number of rotatable bonds is 2. The summed E-state index contributed by atoms with van der Waals surface area (Å²) in [5.74, 6) is 6.65. The summed E-state index contributed by atoms with van der Waals surface area (Å²) in [5.41, 5.74) is 10.8. The first-order valence-corrected chi connectivity index (χ1v) is 7.99. The molecule has 2 N–H and O–H groups in total. The second kappa shape index (κ2) is 6.54. The van der Waals surface area contributed by atoms with E-state index in [1.54, 1.807) is 30.6 Å². The summed E-state index contributed by atoms with van der Waals surface area (Å²) >= 11 is 0. The minimum Gasteiger partial charge on any atom is -0.384 e. The van der Waals surface area contributed by atoms with Crippen LogP contribution < -0.4 is 5.73 Å². The van der Waals surface area contributed by atoms with E-state index in [1.165, 1.54) is 0 Å². The second-order valence-electron chi connectivity index (χ2n) is 5.75. The van der Waals surface area contributed by atoms with E-state index in [-0.39, 0.29) is 0 Å². The summed E-state index contributed by atoms with van der Waals surface area (Å²) < 4.78 is 1.94. The molecule has 0 atom stereocenters. The van der Waals surface area contributed by atoms with Crippen molar-refractivity contribution in [2.75, 3.05) is 5.73 Å². The van der Waals surface area contributed by atoms with Gasteiger partial charge in [-0.05, 0) is 41.3 Å². The Hall–Kier alpha value is -3.91. The normalized spacial score (nSPS) is 10.3. The lowest BCUT2D eigenvalue weighted by Crippen LogP contribution is -1.91. The van der Waals surface area contributed by atoms with Crippen molar-refractivity contribution in [3.05, 3.63) is 83.9 Å². The zero-order chi connectivity index (χ0) is 17.9. The number of aromatic nitrogens is 3. The fourth-order valence-electron chi connectivity index (χ4n) is 2.66. The third-order valence-electron chi connectivity index (χ3n) is 4.00. The topological polar surface area (TPSA) is 73.3 Å². The molecule has 0 aliphatic heterocycles. The van der Waals surface area contributed by atoms with Crippen molar-refractivity contribution in [1.82, 2.24) is 14.4 Å². The fourth-order valence-corrected chi connectivity index (χ4v) is 2.66. The Labute approximate surface area is 150 Å². The molecule has 5 nitrogen and oxygen atoms in total. The molecule has 26 heavy (non-hydrogen) atoms. The number of nitrogens with two attached hydrogens (primary N) is 1. The molecule has 0 fully saturated rings. The van der Waals surface area contributed by atoms with Crippen LogP contribution in [-0.4, -0.2) is 20.7 Å². The van der Waals surface area contributed by atoms with Crippen molar-refractivity contribution in [2.45, 2.75) is 0 Å². The highest BCUT2D eigenvalue weighted by Gasteiger charge is 2.04. The van der Waals surface area contributed by atoms with Gasteiger partial charge in [-0.1, -0.05) is 30.2 Å². The van der Waals surface area contributed by atoms with Gasteiger partial charge >= 0.3 is 0 Å². The molecule has 0 radical (unpaired) electrons. The van der Waals surface area contributed by atoms with Crippen LogP contribution in [0.5, 0.6) is 0 Å². The van der Waals surface area contributed by atoms with Crippen LogP contribution in [0.4, 0.5) is 5.82 Å². The van der Waals surface area contributed by atoms with Crippen molar-refractivity contribution in [2.24, 2.45) is 0 Å². The summed E-state index contributed by atoms with van der Waals surface area (Å²) in [4.78, 5) is 19.2.